The van der Waals surface area contributed by atoms with Crippen LogP contribution in [0, 0.1) is 6.92 Å². The molecule has 0 bridgehead atoms. The third kappa shape index (κ3) is 3.47. The first-order chi connectivity index (χ1) is 7.65. The van der Waals surface area contributed by atoms with E-state index < -0.39 is 0 Å². The van der Waals surface area contributed by atoms with Crippen LogP contribution in [0.3, 0.4) is 0 Å². The van der Waals surface area contributed by atoms with E-state index in [1.54, 1.807) is 12.1 Å². The van der Waals surface area contributed by atoms with E-state index in [2.05, 4.69) is 15.3 Å². The van der Waals surface area contributed by atoms with Gasteiger partial charge in [0.15, 0.2) is 0 Å². The Balaban J connectivity index is 0.00000144. The Morgan fingerprint density at radius 3 is 2.65 bits per heavy atom. The Labute approximate surface area is 111 Å². The fourth-order valence-electron chi connectivity index (χ4n) is 1.29. The standard InChI is InChI=1S/C11H11ClN4.ClH/c1-7-4-11(15-6-14-7)16-8-2-3-9(12)10(13)5-8;/h2-6H,13H2,1H3,(H,14,15,16);1H. The molecule has 0 aliphatic rings. The van der Waals surface area contributed by atoms with Crippen LogP contribution in [0.4, 0.5) is 17.2 Å². The molecule has 0 atom stereocenters. The molecule has 0 unspecified atom stereocenters. The number of hydrogen-bond donors (Lipinski definition) is 2. The topological polar surface area (TPSA) is 63.8 Å². The Morgan fingerprint density at radius 2 is 2.00 bits per heavy atom. The highest BCUT2D eigenvalue weighted by Crippen LogP contribution is 2.24. The second-order valence-corrected chi connectivity index (χ2v) is 3.81. The van der Waals surface area contributed by atoms with Crippen LogP contribution in [0.2, 0.25) is 5.02 Å². The zero-order valence-corrected chi connectivity index (χ0v) is 10.7. The van der Waals surface area contributed by atoms with Crippen molar-refractivity contribution in [3.05, 3.63) is 41.3 Å². The molecule has 1 aromatic heterocycles. The summed E-state index contributed by atoms with van der Waals surface area (Å²) in [6.07, 6.45) is 1.51. The molecule has 0 aliphatic heterocycles. The summed E-state index contributed by atoms with van der Waals surface area (Å²) in [5.41, 5.74) is 7.99. The molecule has 0 saturated heterocycles. The van der Waals surface area contributed by atoms with Crippen LogP contribution < -0.4 is 11.1 Å². The lowest BCUT2D eigenvalue weighted by atomic mass is 10.3. The van der Waals surface area contributed by atoms with Gasteiger partial charge in [0.2, 0.25) is 0 Å². The zero-order chi connectivity index (χ0) is 11.5. The quantitative estimate of drug-likeness (QED) is 0.823. The van der Waals surface area contributed by atoms with Gasteiger partial charge < -0.3 is 11.1 Å². The van der Waals surface area contributed by atoms with E-state index >= 15 is 0 Å². The van der Waals surface area contributed by atoms with Crippen molar-refractivity contribution in [3.8, 4) is 0 Å². The summed E-state index contributed by atoms with van der Waals surface area (Å²) in [7, 11) is 0. The lowest BCUT2D eigenvalue weighted by Gasteiger charge is -2.07. The molecule has 17 heavy (non-hydrogen) atoms. The van der Waals surface area contributed by atoms with Crippen LogP contribution >= 0.6 is 24.0 Å². The van der Waals surface area contributed by atoms with Crippen molar-refractivity contribution in [2.24, 2.45) is 0 Å². The van der Waals surface area contributed by atoms with Gasteiger partial charge in [-0.3, -0.25) is 0 Å². The first-order valence-corrected chi connectivity index (χ1v) is 5.13. The number of nitrogens with two attached hydrogens (primary N) is 1. The third-order valence-corrected chi connectivity index (χ3v) is 2.42. The van der Waals surface area contributed by atoms with Crippen LogP contribution in [0.15, 0.2) is 30.6 Å². The monoisotopic (exact) mass is 270 g/mol. The molecule has 0 radical (unpaired) electrons. The van der Waals surface area contributed by atoms with Gasteiger partial charge in [0.05, 0.1) is 10.7 Å². The summed E-state index contributed by atoms with van der Waals surface area (Å²) < 4.78 is 0. The van der Waals surface area contributed by atoms with Crippen molar-refractivity contribution < 1.29 is 0 Å². The number of rotatable bonds is 2. The van der Waals surface area contributed by atoms with Crippen LogP contribution in [-0.2, 0) is 0 Å². The molecule has 0 aliphatic carbocycles. The number of benzene rings is 1. The van der Waals surface area contributed by atoms with Gasteiger partial charge in [-0.15, -0.1) is 12.4 Å². The lowest BCUT2D eigenvalue weighted by molar-refractivity contribution is 1.10. The van der Waals surface area contributed by atoms with E-state index in [0.29, 0.717) is 10.7 Å². The second kappa shape index (κ2) is 5.70. The number of nitrogens with one attached hydrogen (secondary N) is 1. The molecule has 2 aromatic rings. The van der Waals surface area contributed by atoms with Gasteiger partial charge in [0.1, 0.15) is 12.1 Å². The average molecular weight is 271 g/mol. The summed E-state index contributed by atoms with van der Waals surface area (Å²) in [4.78, 5) is 8.11. The van der Waals surface area contributed by atoms with Gasteiger partial charge in [-0.1, -0.05) is 11.6 Å². The minimum Gasteiger partial charge on any atom is -0.397 e. The predicted octanol–water partition coefficient (Wildman–Crippen LogP) is 3.19. The maximum Gasteiger partial charge on any atom is 0.133 e. The minimum absolute atomic E-state index is 0. The Morgan fingerprint density at radius 1 is 1.24 bits per heavy atom. The van der Waals surface area contributed by atoms with Crippen LogP contribution in [0.25, 0.3) is 0 Å². The number of nitrogen functional groups attached to an aromatic ring is 1. The molecule has 2 rings (SSSR count). The van der Waals surface area contributed by atoms with E-state index in [-0.39, 0.29) is 12.4 Å². The van der Waals surface area contributed by atoms with E-state index in [4.69, 9.17) is 17.3 Å². The maximum absolute atomic E-state index is 5.83. The largest absolute Gasteiger partial charge is 0.397 e. The van der Waals surface area contributed by atoms with Gasteiger partial charge in [-0.25, -0.2) is 9.97 Å². The number of nitrogens with zero attached hydrogens (tertiary/aromatic N) is 2. The predicted molar refractivity (Wildman–Crippen MR) is 73.2 cm³/mol. The highest BCUT2D eigenvalue weighted by Gasteiger charge is 2.00. The van der Waals surface area contributed by atoms with Crippen molar-refractivity contribution in [2.75, 3.05) is 11.1 Å². The molecule has 0 saturated carbocycles. The van der Waals surface area contributed by atoms with E-state index in [1.807, 2.05) is 19.1 Å². The number of anilines is 3. The first-order valence-electron chi connectivity index (χ1n) is 4.76. The normalized spacial score (nSPS) is 9.53. The highest BCUT2D eigenvalue weighted by atomic mass is 35.5. The molecule has 4 nitrogen and oxygen atoms in total. The van der Waals surface area contributed by atoms with E-state index in [9.17, 15) is 0 Å². The van der Waals surface area contributed by atoms with Crippen molar-refractivity contribution in [1.29, 1.82) is 0 Å². The molecule has 0 fully saturated rings. The lowest BCUT2D eigenvalue weighted by Crippen LogP contribution is -1.96. The van der Waals surface area contributed by atoms with Crippen molar-refractivity contribution in [1.82, 2.24) is 9.97 Å². The van der Waals surface area contributed by atoms with Gasteiger partial charge in [-0.05, 0) is 25.1 Å². The smallest absolute Gasteiger partial charge is 0.133 e. The van der Waals surface area contributed by atoms with E-state index in [0.717, 1.165) is 17.2 Å². The average Bonchev–Trinajstić information content (AvgIpc) is 2.24. The third-order valence-electron chi connectivity index (χ3n) is 2.07. The summed E-state index contributed by atoms with van der Waals surface area (Å²) in [5, 5.41) is 3.67. The molecule has 1 heterocycles. The summed E-state index contributed by atoms with van der Waals surface area (Å²) in [6.45, 7) is 1.91. The number of hydrogen-bond acceptors (Lipinski definition) is 4. The minimum atomic E-state index is 0. The Bertz CT molecular complexity index is 517. The van der Waals surface area contributed by atoms with Crippen LogP contribution in [-0.4, -0.2) is 9.97 Å². The number of aryl methyl sites for hydroxylation is 1. The summed E-state index contributed by atoms with van der Waals surface area (Å²) in [5.74, 6) is 0.731. The molecule has 0 spiro atoms. The summed E-state index contributed by atoms with van der Waals surface area (Å²) >= 11 is 5.83. The van der Waals surface area contributed by atoms with Gasteiger partial charge in [-0.2, -0.15) is 0 Å². The zero-order valence-electron chi connectivity index (χ0n) is 9.14. The Hall–Kier alpha value is -1.52. The SMILES string of the molecule is Cc1cc(Nc2ccc(Cl)c(N)c2)ncn1.Cl. The molecule has 3 N–H and O–H groups in total. The fourth-order valence-corrected chi connectivity index (χ4v) is 1.41. The van der Waals surface area contributed by atoms with Gasteiger partial charge >= 0.3 is 0 Å². The van der Waals surface area contributed by atoms with Crippen molar-refractivity contribution in [3.63, 3.8) is 0 Å². The van der Waals surface area contributed by atoms with E-state index in [1.165, 1.54) is 6.33 Å². The second-order valence-electron chi connectivity index (χ2n) is 3.41. The molecular weight excluding hydrogens is 259 g/mol. The van der Waals surface area contributed by atoms with Crippen molar-refractivity contribution >= 4 is 41.2 Å². The Kier molecular flexibility index (Phi) is 4.54. The maximum atomic E-state index is 5.83. The van der Waals surface area contributed by atoms with Gasteiger partial charge in [0.25, 0.3) is 0 Å². The van der Waals surface area contributed by atoms with Gasteiger partial charge in [0, 0.05) is 17.4 Å². The van der Waals surface area contributed by atoms with Crippen LogP contribution in [0.1, 0.15) is 5.69 Å². The molecule has 0 amide bonds. The van der Waals surface area contributed by atoms with Crippen molar-refractivity contribution in [2.45, 2.75) is 6.92 Å². The molecule has 6 heteroatoms. The molecule has 90 valence electrons. The van der Waals surface area contributed by atoms with Crippen LogP contribution in [0.5, 0.6) is 0 Å². The molecule has 1 aromatic carbocycles. The fraction of sp³-hybridized carbons (Fsp3) is 0.0909. The number of aromatic nitrogens is 2. The highest BCUT2D eigenvalue weighted by molar-refractivity contribution is 6.33. The summed E-state index contributed by atoms with van der Waals surface area (Å²) in [6, 6.07) is 7.20. The molecular formula is C11H12Cl2N4. The number of halogens is 2. The first kappa shape index (κ1) is 13.5.